The second kappa shape index (κ2) is 3.70. The molecule has 6 heteroatoms. The molecule has 0 aliphatic carbocycles. The minimum absolute atomic E-state index is 0.217. The number of para-hydroxylation sites is 1. The van der Waals surface area contributed by atoms with Crippen molar-refractivity contribution in [3.8, 4) is 0 Å². The first-order valence-corrected chi connectivity index (χ1v) is 4.62. The van der Waals surface area contributed by atoms with E-state index in [0.717, 1.165) is 10.5 Å². The third-order valence-electron chi connectivity index (χ3n) is 2.31. The molecule has 16 heavy (non-hydrogen) atoms. The Hall–Kier alpha value is -1.72. The van der Waals surface area contributed by atoms with Crippen molar-refractivity contribution in [3.63, 3.8) is 0 Å². The van der Waals surface area contributed by atoms with Crippen LogP contribution in [0.15, 0.2) is 24.3 Å². The van der Waals surface area contributed by atoms with Crippen LogP contribution in [0.2, 0.25) is 0 Å². The van der Waals surface area contributed by atoms with Gasteiger partial charge < -0.3 is 4.74 Å². The summed E-state index contributed by atoms with van der Waals surface area (Å²) in [6, 6.07) is 6.81. The number of hydrogen-bond acceptors (Lipinski definition) is 2. The third-order valence-corrected chi connectivity index (χ3v) is 2.31. The smallest absolute Gasteiger partial charge is 0.356 e. The van der Waals surface area contributed by atoms with Gasteiger partial charge in [0.1, 0.15) is 0 Å². The maximum Gasteiger partial charge on any atom is 0.576 e. The van der Waals surface area contributed by atoms with E-state index in [0.29, 0.717) is 12.1 Å². The molecule has 0 fully saturated rings. The minimum Gasteiger partial charge on any atom is -0.356 e. The fourth-order valence-electron chi connectivity index (χ4n) is 1.68. The molecule has 0 radical (unpaired) electrons. The van der Waals surface area contributed by atoms with Crippen LogP contribution in [-0.2, 0) is 11.2 Å². The lowest BCUT2D eigenvalue weighted by molar-refractivity contribution is -0.290. The molecule has 0 aromatic heterocycles. The Morgan fingerprint density at radius 3 is 2.69 bits per heavy atom. The number of benzene rings is 1. The van der Waals surface area contributed by atoms with E-state index in [2.05, 4.69) is 4.74 Å². The molecule has 0 unspecified atom stereocenters. The number of nitrogens with zero attached hydrogens (tertiary/aromatic N) is 1. The van der Waals surface area contributed by atoms with Crippen LogP contribution in [-0.4, -0.2) is 19.0 Å². The normalized spacial score (nSPS) is 14.8. The van der Waals surface area contributed by atoms with Gasteiger partial charge >= 0.3 is 12.5 Å². The molecule has 0 atom stereocenters. The summed E-state index contributed by atoms with van der Waals surface area (Å²) in [6.45, 7) is 0.217. The molecule has 1 aliphatic heterocycles. The summed E-state index contributed by atoms with van der Waals surface area (Å²) < 4.78 is 39.0. The van der Waals surface area contributed by atoms with E-state index in [9.17, 15) is 18.0 Å². The molecule has 0 N–H and O–H groups in total. The number of fused-ring (bicyclic) bond motifs is 1. The summed E-state index contributed by atoms with van der Waals surface area (Å²) in [6.07, 6.45) is -5.77. The number of carbonyl (C=O) groups excluding carboxylic acids is 1. The Balaban J connectivity index is 2.16. The van der Waals surface area contributed by atoms with Crippen molar-refractivity contribution in [3.05, 3.63) is 29.8 Å². The lowest BCUT2D eigenvalue weighted by atomic mass is 10.2. The molecule has 0 saturated carbocycles. The molecule has 1 aromatic carbocycles. The molecule has 1 amide bonds. The highest BCUT2D eigenvalue weighted by molar-refractivity contribution is 5.90. The first-order chi connectivity index (χ1) is 7.47. The van der Waals surface area contributed by atoms with Crippen molar-refractivity contribution in [2.24, 2.45) is 0 Å². The zero-order valence-corrected chi connectivity index (χ0v) is 8.12. The van der Waals surface area contributed by atoms with Gasteiger partial charge in [-0.3, -0.25) is 4.90 Å². The van der Waals surface area contributed by atoms with E-state index in [1.54, 1.807) is 24.3 Å². The predicted molar refractivity (Wildman–Crippen MR) is 50.0 cm³/mol. The van der Waals surface area contributed by atoms with E-state index >= 15 is 0 Å². The van der Waals surface area contributed by atoms with Crippen molar-refractivity contribution >= 4 is 11.8 Å². The Morgan fingerprint density at radius 2 is 2.00 bits per heavy atom. The van der Waals surface area contributed by atoms with Gasteiger partial charge in [0.05, 0.1) is 5.69 Å². The van der Waals surface area contributed by atoms with Crippen LogP contribution in [0.1, 0.15) is 5.56 Å². The van der Waals surface area contributed by atoms with Crippen molar-refractivity contribution in [2.75, 3.05) is 11.4 Å². The SMILES string of the molecule is O=C(OC(F)(F)F)N1CCc2ccccc21. The molecular weight excluding hydrogens is 223 g/mol. The number of alkyl halides is 3. The monoisotopic (exact) mass is 231 g/mol. The number of hydrogen-bond donors (Lipinski definition) is 0. The van der Waals surface area contributed by atoms with Crippen LogP contribution >= 0.6 is 0 Å². The van der Waals surface area contributed by atoms with Gasteiger partial charge in [0.25, 0.3) is 0 Å². The van der Waals surface area contributed by atoms with Crippen LogP contribution < -0.4 is 4.90 Å². The molecule has 0 spiro atoms. The van der Waals surface area contributed by atoms with E-state index in [1.807, 2.05) is 0 Å². The van der Waals surface area contributed by atoms with Crippen LogP contribution in [0, 0.1) is 0 Å². The second-order valence-corrected chi connectivity index (χ2v) is 3.34. The number of anilines is 1. The number of ether oxygens (including phenoxy) is 1. The van der Waals surface area contributed by atoms with Crippen LogP contribution in [0.25, 0.3) is 0 Å². The van der Waals surface area contributed by atoms with E-state index in [4.69, 9.17) is 0 Å². The minimum atomic E-state index is -4.94. The first kappa shape index (κ1) is 10.8. The molecule has 0 saturated heterocycles. The summed E-state index contributed by atoms with van der Waals surface area (Å²) in [5, 5.41) is 0. The van der Waals surface area contributed by atoms with Gasteiger partial charge in [-0.2, -0.15) is 0 Å². The summed E-state index contributed by atoms with van der Waals surface area (Å²) >= 11 is 0. The lowest BCUT2D eigenvalue weighted by Crippen LogP contribution is -2.34. The predicted octanol–water partition coefficient (Wildman–Crippen LogP) is 2.71. The molecule has 1 aromatic rings. The number of halogens is 3. The maximum absolute atomic E-state index is 11.9. The van der Waals surface area contributed by atoms with Gasteiger partial charge in [0, 0.05) is 6.54 Å². The van der Waals surface area contributed by atoms with Crippen LogP contribution in [0.4, 0.5) is 23.7 Å². The van der Waals surface area contributed by atoms with Gasteiger partial charge in [-0.25, -0.2) is 4.79 Å². The summed E-state index contributed by atoms with van der Waals surface area (Å²) in [5.74, 6) is 0. The highest BCUT2D eigenvalue weighted by Crippen LogP contribution is 2.29. The van der Waals surface area contributed by atoms with Crippen molar-refractivity contribution in [2.45, 2.75) is 12.8 Å². The van der Waals surface area contributed by atoms with E-state index < -0.39 is 12.5 Å². The number of amides is 1. The molecule has 1 heterocycles. The molecule has 2 rings (SSSR count). The van der Waals surface area contributed by atoms with Gasteiger partial charge in [-0.15, -0.1) is 13.2 Å². The standard InChI is InChI=1S/C10H8F3NO2/c11-10(12,13)16-9(15)14-6-5-7-3-1-2-4-8(7)14/h1-4H,5-6H2. The molecule has 86 valence electrons. The van der Waals surface area contributed by atoms with Crippen molar-refractivity contribution in [1.29, 1.82) is 0 Å². The topological polar surface area (TPSA) is 29.5 Å². The van der Waals surface area contributed by atoms with Gasteiger partial charge in [-0.05, 0) is 18.1 Å². The van der Waals surface area contributed by atoms with E-state index in [1.165, 1.54) is 0 Å². The first-order valence-electron chi connectivity index (χ1n) is 4.62. The average molecular weight is 231 g/mol. The zero-order chi connectivity index (χ0) is 11.8. The number of carbonyl (C=O) groups is 1. The van der Waals surface area contributed by atoms with Gasteiger partial charge in [0.15, 0.2) is 0 Å². The Kier molecular flexibility index (Phi) is 2.49. The summed E-state index contributed by atoms with van der Waals surface area (Å²) in [4.78, 5) is 12.2. The molecular formula is C10H8F3NO2. The number of rotatable bonds is 0. The molecule has 0 bridgehead atoms. The van der Waals surface area contributed by atoms with Gasteiger partial charge in [-0.1, -0.05) is 18.2 Å². The van der Waals surface area contributed by atoms with Crippen molar-refractivity contribution in [1.82, 2.24) is 0 Å². The lowest BCUT2D eigenvalue weighted by Gasteiger charge is -2.17. The summed E-state index contributed by atoms with van der Waals surface area (Å²) in [7, 11) is 0. The largest absolute Gasteiger partial charge is 0.576 e. The van der Waals surface area contributed by atoms with Gasteiger partial charge in [0.2, 0.25) is 0 Å². The average Bonchev–Trinajstić information content (AvgIpc) is 2.58. The van der Waals surface area contributed by atoms with Crippen molar-refractivity contribution < 1.29 is 22.7 Å². The second-order valence-electron chi connectivity index (χ2n) is 3.34. The fraction of sp³-hybridized carbons (Fsp3) is 0.300. The Labute approximate surface area is 89.4 Å². The molecule has 3 nitrogen and oxygen atoms in total. The zero-order valence-electron chi connectivity index (χ0n) is 8.12. The highest BCUT2D eigenvalue weighted by atomic mass is 19.4. The maximum atomic E-state index is 11.9. The quantitative estimate of drug-likeness (QED) is 0.687. The fourth-order valence-corrected chi connectivity index (χ4v) is 1.68. The Bertz CT molecular complexity index is 417. The third kappa shape index (κ3) is 2.10. The van der Waals surface area contributed by atoms with Crippen LogP contribution in [0.5, 0.6) is 0 Å². The van der Waals surface area contributed by atoms with Crippen LogP contribution in [0.3, 0.4) is 0 Å². The summed E-state index contributed by atoms with van der Waals surface area (Å²) in [5.41, 5.74) is 1.33. The Morgan fingerprint density at radius 1 is 1.31 bits per heavy atom. The highest BCUT2D eigenvalue weighted by Gasteiger charge is 2.37. The molecule has 1 aliphatic rings. The van der Waals surface area contributed by atoms with E-state index in [-0.39, 0.29) is 6.54 Å².